The Morgan fingerprint density at radius 2 is 2.04 bits per heavy atom. The van der Waals surface area contributed by atoms with Gasteiger partial charge in [-0.3, -0.25) is 9.59 Å². The Balaban J connectivity index is 1.69. The molecular weight excluding hydrogens is 318 g/mol. The summed E-state index contributed by atoms with van der Waals surface area (Å²) < 4.78 is 5.19. The van der Waals surface area contributed by atoms with Crippen molar-refractivity contribution in [3.8, 4) is 0 Å². The van der Waals surface area contributed by atoms with Crippen molar-refractivity contribution in [1.82, 2.24) is 10.3 Å². The van der Waals surface area contributed by atoms with Gasteiger partial charge in [-0.2, -0.15) is 0 Å². The number of carbonyl (C=O) groups is 2. The van der Waals surface area contributed by atoms with Crippen molar-refractivity contribution in [3.05, 3.63) is 54.1 Å². The van der Waals surface area contributed by atoms with Crippen LogP contribution in [-0.2, 0) is 11.3 Å². The number of hydrogen-bond donors (Lipinski definition) is 3. The summed E-state index contributed by atoms with van der Waals surface area (Å²) in [6.07, 6.45) is 2.05. The molecule has 0 bridgehead atoms. The Morgan fingerprint density at radius 1 is 1.20 bits per heavy atom. The van der Waals surface area contributed by atoms with Crippen molar-refractivity contribution in [3.63, 3.8) is 0 Å². The molecule has 0 aliphatic rings. The Hall–Kier alpha value is -3.02. The summed E-state index contributed by atoms with van der Waals surface area (Å²) in [5.41, 5.74) is 2.02. The molecule has 2 amide bonds. The molecule has 0 spiro atoms. The summed E-state index contributed by atoms with van der Waals surface area (Å²) in [6, 6.07) is 10.9. The van der Waals surface area contributed by atoms with Crippen molar-refractivity contribution in [1.29, 1.82) is 0 Å². The first-order chi connectivity index (χ1) is 12.0. The molecule has 3 N–H and O–H groups in total. The van der Waals surface area contributed by atoms with Crippen LogP contribution in [0.1, 0.15) is 36.5 Å². The summed E-state index contributed by atoms with van der Waals surface area (Å²) >= 11 is 0. The number of rotatable bonds is 6. The molecule has 0 unspecified atom stereocenters. The number of H-pyrrole nitrogens is 1. The fourth-order valence-corrected chi connectivity index (χ4v) is 2.59. The number of aromatic nitrogens is 1. The number of anilines is 1. The molecule has 0 atom stereocenters. The lowest BCUT2D eigenvalue weighted by molar-refractivity contribution is -0.116. The maximum Gasteiger partial charge on any atom is 0.268 e. The largest absolute Gasteiger partial charge is 0.467 e. The topological polar surface area (TPSA) is 87.1 Å². The van der Waals surface area contributed by atoms with Crippen molar-refractivity contribution in [2.75, 3.05) is 5.32 Å². The van der Waals surface area contributed by atoms with Crippen LogP contribution in [0.15, 0.2) is 47.1 Å². The molecule has 2 heterocycles. The van der Waals surface area contributed by atoms with Gasteiger partial charge in [0.2, 0.25) is 5.91 Å². The Kier molecular flexibility index (Phi) is 4.88. The molecule has 3 rings (SSSR count). The third-order valence-corrected chi connectivity index (χ3v) is 3.75. The molecule has 6 nitrogen and oxygen atoms in total. The number of benzene rings is 1. The van der Waals surface area contributed by atoms with Crippen molar-refractivity contribution >= 4 is 28.4 Å². The minimum atomic E-state index is -0.210. The Labute approximate surface area is 145 Å². The van der Waals surface area contributed by atoms with E-state index in [1.807, 2.05) is 32.0 Å². The van der Waals surface area contributed by atoms with Crippen LogP contribution >= 0.6 is 0 Å². The Bertz CT molecular complexity index is 879. The predicted octanol–water partition coefficient (Wildman–Crippen LogP) is 3.68. The SMILES string of the molecule is CC(C)CC(=O)Nc1ccc2[nH]c(C(=O)NCc3ccco3)cc2c1. The molecular formula is C19H21N3O3. The lowest BCUT2D eigenvalue weighted by atomic mass is 10.1. The average molecular weight is 339 g/mol. The van der Waals surface area contributed by atoms with E-state index in [4.69, 9.17) is 4.42 Å². The van der Waals surface area contributed by atoms with Crippen LogP contribution in [0, 0.1) is 5.92 Å². The van der Waals surface area contributed by atoms with E-state index in [0.717, 1.165) is 16.6 Å². The summed E-state index contributed by atoms with van der Waals surface area (Å²) in [7, 11) is 0. The van der Waals surface area contributed by atoms with Crippen LogP contribution in [0.4, 0.5) is 5.69 Å². The molecule has 0 saturated heterocycles. The van der Waals surface area contributed by atoms with Crippen LogP contribution in [0.3, 0.4) is 0 Å². The molecule has 0 radical (unpaired) electrons. The van der Waals surface area contributed by atoms with Crippen LogP contribution in [0.25, 0.3) is 10.9 Å². The third kappa shape index (κ3) is 4.29. The van der Waals surface area contributed by atoms with E-state index in [9.17, 15) is 9.59 Å². The number of carbonyl (C=O) groups excluding carboxylic acids is 2. The van der Waals surface area contributed by atoms with E-state index >= 15 is 0 Å². The number of aromatic amines is 1. The van der Waals surface area contributed by atoms with E-state index in [1.165, 1.54) is 0 Å². The van der Waals surface area contributed by atoms with E-state index in [0.29, 0.717) is 30.3 Å². The van der Waals surface area contributed by atoms with Gasteiger partial charge in [0, 0.05) is 23.0 Å². The lowest BCUT2D eigenvalue weighted by Crippen LogP contribution is -2.22. The first kappa shape index (κ1) is 16.8. The normalized spacial score (nSPS) is 11.0. The fraction of sp³-hybridized carbons (Fsp3) is 0.263. The molecule has 3 aromatic rings. The first-order valence-electron chi connectivity index (χ1n) is 8.24. The van der Waals surface area contributed by atoms with Crippen molar-refractivity contribution in [2.45, 2.75) is 26.8 Å². The smallest absolute Gasteiger partial charge is 0.268 e. The van der Waals surface area contributed by atoms with Crippen LogP contribution in [-0.4, -0.2) is 16.8 Å². The van der Waals surface area contributed by atoms with Crippen molar-refractivity contribution in [2.24, 2.45) is 5.92 Å². The van der Waals surface area contributed by atoms with E-state index < -0.39 is 0 Å². The molecule has 1 aromatic carbocycles. The van der Waals surface area contributed by atoms with E-state index in [2.05, 4.69) is 15.6 Å². The highest BCUT2D eigenvalue weighted by molar-refractivity contribution is 5.99. The van der Waals surface area contributed by atoms with Gasteiger partial charge in [0.05, 0.1) is 12.8 Å². The highest BCUT2D eigenvalue weighted by Gasteiger charge is 2.11. The highest BCUT2D eigenvalue weighted by atomic mass is 16.3. The zero-order valence-corrected chi connectivity index (χ0v) is 14.3. The van der Waals surface area contributed by atoms with Crippen LogP contribution in [0.2, 0.25) is 0 Å². The number of furan rings is 1. The van der Waals surface area contributed by atoms with Gasteiger partial charge in [-0.25, -0.2) is 0 Å². The van der Waals surface area contributed by atoms with Gasteiger partial charge in [-0.15, -0.1) is 0 Å². The minimum absolute atomic E-state index is 0.0127. The van der Waals surface area contributed by atoms with Gasteiger partial charge in [-0.05, 0) is 42.3 Å². The summed E-state index contributed by atoms with van der Waals surface area (Å²) in [4.78, 5) is 27.2. The maximum atomic E-state index is 12.2. The molecule has 2 aromatic heterocycles. The predicted molar refractivity (Wildman–Crippen MR) is 96.3 cm³/mol. The maximum absolute atomic E-state index is 12.2. The zero-order valence-electron chi connectivity index (χ0n) is 14.3. The molecule has 0 aliphatic heterocycles. The quantitative estimate of drug-likeness (QED) is 0.640. The van der Waals surface area contributed by atoms with Gasteiger partial charge >= 0.3 is 0 Å². The second-order valence-electron chi connectivity index (χ2n) is 6.39. The van der Waals surface area contributed by atoms with Crippen molar-refractivity contribution < 1.29 is 14.0 Å². The first-order valence-corrected chi connectivity index (χ1v) is 8.24. The second kappa shape index (κ2) is 7.25. The van der Waals surface area contributed by atoms with Crippen LogP contribution in [0.5, 0.6) is 0 Å². The molecule has 25 heavy (non-hydrogen) atoms. The summed E-state index contributed by atoms with van der Waals surface area (Å²) in [5.74, 6) is 0.777. The molecule has 0 fully saturated rings. The number of fused-ring (bicyclic) bond motifs is 1. The second-order valence-corrected chi connectivity index (χ2v) is 6.39. The lowest BCUT2D eigenvalue weighted by Gasteiger charge is -2.07. The number of nitrogens with one attached hydrogen (secondary N) is 3. The van der Waals surface area contributed by atoms with E-state index in [1.54, 1.807) is 24.5 Å². The minimum Gasteiger partial charge on any atom is -0.467 e. The summed E-state index contributed by atoms with van der Waals surface area (Å²) in [6.45, 7) is 4.34. The van der Waals surface area contributed by atoms with Gasteiger partial charge in [0.1, 0.15) is 11.5 Å². The molecule has 0 aliphatic carbocycles. The monoisotopic (exact) mass is 339 g/mol. The molecule has 130 valence electrons. The average Bonchev–Trinajstić information content (AvgIpc) is 3.20. The number of amides is 2. The van der Waals surface area contributed by atoms with Gasteiger partial charge in [0.25, 0.3) is 5.91 Å². The highest BCUT2D eigenvalue weighted by Crippen LogP contribution is 2.21. The molecule has 6 heteroatoms. The van der Waals surface area contributed by atoms with Crippen LogP contribution < -0.4 is 10.6 Å². The fourth-order valence-electron chi connectivity index (χ4n) is 2.59. The van der Waals surface area contributed by atoms with Gasteiger partial charge in [0.15, 0.2) is 0 Å². The van der Waals surface area contributed by atoms with Gasteiger partial charge in [-0.1, -0.05) is 13.8 Å². The zero-order chi connectivity index (χ0) is 17.8. The standard InChI is InChI=1S/C19H21N3O3/c1-12(2)8-18(23)21-14-5-6-16-13(9-14)10-17(22-16)19(24)20-11-15-4-3-7-25-15/h3-7,9-10,12,22H,8,11H2,1-2H3,(H,20,24)(H,21,23). The molecule has 0 saturated carbocycles. The third-order valence-electron chi connectivity index (χ3n) is 3.75. The number of hydrogen-bond acceptors (Lipinski definition) is 3. The summed E-state index contributed by atoms with van der Waals surface area (Å²) in [5, 5.41) is 6.55. The van der Waals surface area contributed by atoms with E-state index in [-0.39, 0.29) is 11.8 Å². The van der Waals surface area contributed by atoms with Gasteiger partial charge < -0.3 is 20.0 Å². The Morgan fingerprint density at radius 3 is 2.76 bits per heavy atom.